The molecule has 1 aromatic heterocycles. The predicted octanol–water partition coefficient (Wildman–Crippen LogP) is 2.05. The topological polar surface area (TPSA) is 82.3 Å². The smallest absolute Gasteiger partial charge is 0.333 e. The Bertz CT molecular complexity index is 1080. The lowest BCUT2D eigenvalue weighted by Gasteiger charge is -2.28. The molecule has 7 heteroatoms. The van der Waals surface area contributed by atoms with Gasteiger partial charge in [0.05, 0.1) is 11.5 Å². The number of nitrogens with one attached hydrogen (secondary N) is 1. The monoisotopic (exact) mass is 395 g/mol. The zero-order valence-electron chi connectivity index (χ0n) is 16.7. The Morgan fingerprint density at radius 1 is 1.03 bits per heavy atom. The van der Waals surface area contributed by atoms with E-state index in [-0.39, 0.29) is 23.4 Å². The number of rotatable bonds is 3. The van der Waals surface area contributed by atoms with E-state index < -0.39 is 17.2 Å². The van der Waals surface area contributed by atoms with Gasteiger partial charge in [0.25, 0.3) is 5.56 Å². The van der Waals surface area contributed by atoms with Crippen molar-refractivity contribution in [2.24, 2.45) is 14.1 Å². The number of ether oxygens (including phenoxy) is 1. The zero-order valence-corrected chi connectivity index (χ0v) is 16.7. The number of carbonyl (C=O) groups is 1. The van der Waals surface area contributed by atoms with E-state index in [2.05, 4.69) is 5.32 Å². The SMILES string of the molecule is Cn1c2c(c(=O)n(C)c1=O)C(C(=O)NC1CCCCC1)C=C(c1ccccc1)O2. The molecule has 2 aliphatic rings. The standard InChI is InChI=1S/C22H25N3O4/c1-24-20(27)18-16(19(26)23-15-11-7-4-8-12-15)13-17(14-9-5-3-6-10-14)29-21(18)25(2)22(24)28/h3,5-6,9-10,13,15-16H,4,7-8,11-12H2,1-2H3,(H,23,26). The second-order valence-corrected chi connectivity index (χ2v) is 7.74. The van der Waals surface area contributed by atoms with Crippen LogP contribution in [0.4, 0.5) is 0 Å². The maximum Gasteiger partial charge on any atom is 0.333 e. The molecule has 1 unspecified atom stereocenters. The Labute approximate surface area is 168 Å². The van der Waals surface area contributed by atoms with Crippen molar-refractivity contribution in [2.45, 2.75) is 44.1 Å². The molecule has 7 nitrogen and oxygen atoms in total. The lowest BCUT2D eigenvalue weighted by atomic mass is 9.92. The molecule has 1 aliphatic carbocycles. The highest BCUT2D eigenvalue weighted by Crippen LogP contribution is 2.35. The van der Waals surface area contributed by atoms with Gasteiger partial charge in [-0.25, -0.2) is 4.79 Å². The van der Waals surface area contributed by atoms with Gasteiger partial charge >= 0.3 is 5.69 Å². The molecule has 0 spiro atoms. The molecule has 0 saturated heterocycles. The van der Waals surface area contributed by atoms with Crippen LogP contribution in [0.5, 0.6) is 5.88 Å². The van der Waals surface area contributed by atoms with Crippen molar-refractivity contribution in [1.82, 2.24) is 14.5 Å². The highest BCUT2D eigenvalue weighted by Gasteiger charge is 2.35. The third kappa shape index (κ3) is 3.52. The van der Waals surface area contributed by atoms with Crippen molar-refractivity contribution in [3.63, 3.8) is 0 Å². The Kier molecular flexibility index (Phi) is 5.13. The van der Waals surface area contributed by atoms with E-state index in [0.717, 1.165) is 35.8 Å². The molecule has 2 heterocycles. The molecule has 0 bridgehead atoms. The molecule has 2 aromatic rings. The first-order chi connectivity index (χ1) is 14.0. The van der Waals surface area contributed by atoms with Crippen LogP contribution in [0.1, 0.15) is 49.1 Å². The molecule has 1 fully saturated rings. The number of hydrogen-bond acceptors (Lipinski definition) is 4. The van der Waals surface area contributed by atoms with Gasteiger partial charge < -0.3 is 10.1 Å². The number of amides is 1. The summed E-state index contributed by atoms with van der Waals surface area (Å²) < 4.78 is 8.27. The Morgan fingerprint density at radius 2 is 1.72 bits per heavy atom. The van der Waals surface area contributed by atoms with Gasteiger partial charge in [-0.1, -0.05) is 49.6 Å². The summed E-state index contributed by atoms with van der Waals surface area (Å²) in [5, 5.41) is 3.11. The number of fused-ring (bicyclic) bond motifs is 1. The van der Waals surface area contributed by atoms with Crippen molar-refractivity contribution in [3.8, 4) is 5.88 Å². The maximum atomic E-state index is 13.2. The molecule has 1 N–H and O–H groups in total. The summed E-state index contributed by atoms with van der Waals surface area (Å²) in [4.78, 5) is 38.5. The summed E-state index contributed by atoms with van der Waals surface area (Å²) in [5.41, 5.74) is -0.0194. The van der Waals surface area contributed by atoms with E-state index in [1.54, 1.807) is 13.1 Å². The normalized spacial score (nSPS) is 19.1. The third-order valence-electron chi connectivity index (χ3n) is 5.77. The van der Waals surface area contributed by atoms with Crippen LogP contribution >= 0.6 is 0 Å². The fraction of sp³-hybridized carbons (Fsp3) is 0.409. The van der Waals surface area contributed by atoms with Gasteiger partial charge in [0.15, 0.2) is 0 Å². The molecule has 29 heavy (non-hydrogen) atoms. The summed E-state index contributed by atoms with van der Waals surface area (Å²) in [6, 6.07) is 9.48. The first-order valence-corrected chi connectivity index (χ1v) is 10.0. The average Bonchev–Trinajstić information content (AvgIpc) is 2.76. The fourth-order valence-corrected chi connectivity index (χ4v) is 4.12. The van der Waals surface area contributed by atoms with E-state index in [4.69, 9.17) is 4.74 Å². The Hall–Kier alpha value is -3.09. The summed E-state index contributed by atoms with van der Waals surface area (Å²) in [7, 11) is 2.96. The van der Waals surface area contributed by atoms with Crippen molar-refractivity contribution >= 4 is 11.7 Å². The van der Waals surface area contributed by atoms with Gasteiger partial charge in [0.2, 0.25) is 11.8 Å². The highest BCUT2D eigenvalue weighted by molar-refractivity contribution is 5.89. The van der Waals surface area contributed by atoms with Crippen LogP contribution in [0.3, 0.4) is 0 Å². The fourth-order valence-electron chi connectivity index (χ4n) is 4.12. The minimum atomic E-state index is -0.818. The molecule has 4 rings (SSSR count). The van der Waals surface area contributed by atoms with E-state index in [1.807, 2.05) is 30.3 Å². The predicted molar refractivity (Wildman–Crippen MR) is 110 cm³/mol. The molecule has 1 aromatic carbocycles. The summed E-state index contributed by atoms with van der Waals surface area (Å²) in [6.45, 7) is 0. The van der Waals surface area contributed by atoms with Gasteiger partial charge in [0.1, 0.15) is 5.76 Å². The molecule has 1 atom stereocenters. The lowest BCUT2D eigenvalue weighted by molar-refractivity contribution is -0.122. The summed E-state index contributed by atoms with van der Waals surface area (Å²) >= 11 is 0. The number of carbonyl (C=O) groups excluding carboxylic acids is 1. The number of aromatic nitrogens is 2. The van der Waals surface area contributed by atoms with Crippen LogP contribution < -0.4 is 21.3 Å². The van der Waals surface area contributed by atoms with Crippen molar-refractivity contribution in [1.29, 1.82) is 0 Å². The number of hydrogen-bond donors (Lipinski definition) is 1. The molecular weight excluding hydrogens is 370 g/mol. The average molecular weight is 395 g/mol. The Morgan fingerprint density at radius 3 is 2.41 bits per heavy atom. The van der Waals surface area contributed by atoms with E-state index in [1.165, 1.54) is 18.0 Å². The number of nitrogens with zero attached hydrogens (tertiary/aromatic N) is 2. The second-order valence-electron chi connectivity index (χ2n) is 7.74. The zero-order chi connectivity index (χ0) is 20.5. The molecule has 1 aliphatic heterocycles. The molecule has 1 amide bonds. The lowest BCUT2D eigenvalue weighted by Crippen LogP contribution is -2.45. The first kappa shape index (κ1) is 19.2. The van der Waals surface area contributed by atoms with Crippen LogP contribution in [0.25, 0.3) is 5.76 Å². The van der Waals surface area contributed by atoms with Gasteiger partial charge in [-0.05, 0) is 18.9 Å². The van der Waals surface area contributed by atoms with Crippen LogP contribution in [0, 0.1) is 0 Å². The van der Waals surface area contributed by atoms with Crippen LogP contribution in [-0.2, 0) is 18.9 Å². The quantitative estimate of drug-likeness (QED) is 0.862. The molecule has 1 saturated carbocycles. The van der Waals surface area contributed by atoms with Crippen molar-refractivity contribution in [3.05, 3.63) is 68.4 Å². The van der Waals surface area contributed by atoms with Crippen LogP contribution in [-0.4, -0.2) is 21.1 Å². The summed E-state index contributed by atoms with van der Waals surface area (Å²) in [6.07, 6.45) is 6.95. The van der Waals surface area contributed by atoms with Crippen LogP contribution in [0.15, 0.2) is 46.0 Å². The van der Waals surface area contributed by atoms with E-state index in [0.29, 0.717) is 5.76 Å². The van der Waals surface area contributed by atoms with E-state index >= 15 is 0 Å². The van der Waals surface area contributed by atoms with Gasteiger partial charge in [0, 0.05) is 25.7 Å². The Balaban J connectivity index is 1.80. The van der Waals surface area contributed by atoms with Gasteiger partial charge in [-0.2, -0.15) is 0 Å². The molecule has 0 radical (unpaired) electrons. The minimum Gasteiger partial charge on any atom is -0.440 e. The first-order valence-electron chi connectivity index (χ1n) is 10.0. The van der Waals surface area contributed by atoms with Crippen molar-refractivity contribution < 1.29 is 9.53 Å². The van der Waals surface area contributed by atoms with Crippen LogP contribution in [0.2, 0.25) is 0 Å². The largest absolute Gasteiger partial charge is 0.440 e. The second kappa shape index (κ2) is 7.73. The molecule has 152 valence electrons. The minimum absolute atomic E-state index is 0.118. The van der Waals surface area contributed by atoms with E-state index in [9.17, 15) is 14.4 Å². The van der Waals surface area contributed by atoms with Crippen molar-refractivity contribution in [2.75, 3.05) is 0 Å². The third-order valence-corrected chi connectivity index (χ3v) is 5.77. The van der Waals surface area contributed by atoms with Gasteiger partial charge in [-0.3, -0.25) is 18.7 Å². The summed E-state index contributed by atoms with van der Waals surface area (Å²) in [5.74, 6) is -0.458. The molecular formula is C22H25N3O4. The highest BCUT2D eigenvalue weighted by atomic mass is 16.5. The number of benzene rings is 1. The van der Waals surface area contributed by atoms with Gasteiger partial charge in [-0.15, -0.1) is 0 Å². The maximum absolute atomic E-state index is 13.2.